The maximum absolute atomic E-state index is 8.62. The zero-order valence-corrected chi connectivity index (χ0v) is 40.7. The van der Waals surface area contributed by atoms with Crippen LogP contribution in [-0.4, -0.2) is 32.6 Å². The van der Waals surface area contributed by atoms with Gasteiger partial charge in [-0.2, -0.15) is 0 Å². The van der Waals surface area contributed by atoms with Crippen molar-refractivity contribution in [1.82, 2.24) is 24.5 Å². The molecule has 5 heterocycles. The van der Waals surface area contributed by atoms with E-state index >= 15 is 0 Å². The molecule has 7 nitrogen and oxygen atoms in total. The van der Waals surface area contributed by atoms with Gasteiger partial charge in [-0.15, -0.1) is 54.1 Å². The summed E-state index contributed by atoms with van der Waals surface area (Å²) in [5.74, 6) is 1.51. The van der Waals surface area contributed by atoms with Crippen molar-refractivity contribution in [1.29, 1.82) is 0 Å². The summed E-state index contributed by atoms with van der Waals surface area (Å²) < 4.78 is 40.7. The summed E-state index contributed by atoms with van der Waals surface area (Å²) in [6.07, 6.45) is 3.91. The molecule has 0 saturated heterocycles. The van der Waals surface area contributed by atoms with Crippen molar-refractivity contribution in [2.24, 2.45) is 0 Å². The van der Waals surface area contributed by atoms with Crippen LogP contribution in [0.3, 0.4) is 0 Å². The molecule has 0 aliphatic rings. The fourth-order valence-corrected chi connectivity index (χ4v) is 9.37. The second kappa shape index (κ2) is 17.5. The molecule has 0 bridgehead atoms. The first-order valence-electron chi connectivity index (χ1n) is 23.3. The van der Waals surface area contributed by atoms with Gasteiger partial charge in [-0.1, -0.05) is 113 Å². The largest absolute Gasteiger partial charge is 0.486 e. The van der Waals surface area contributed by atoms with Crippen LogP contribution in [0.25, 0.3) is 94.8 Å². The van der Waals surface area contributed by atoms with E-state index in [1.807, 2.05) is 91.3 Å². The van der Waals surface area contributed by atoms with Gasteiger partial charge >= 0.3 is 0 Å². The van der Waals surface area contributed by atoms with Gasteiger partial charge in [0.1, 0.15) is 11.1 Å². The minimum Gasteiger partial charge on any atom is -0.486 e. The minimum atomic E-state index is -2.38. The predicted octanol–water partition coefficient (Wildman–Crippen LogP) is 14.4. The average Bonchev–Trinajstić information content (AvgIpc) is 4.01. The summed E-state index contributed by atoms with van der Waals surface area (Å²) >= 11 is 0. The topological polar surface area (TPSA) is 82.8 Å². The predicted molar refractivity (Wildman–Crippen MR) is 265 cm³/mol. The number of aromatic nitrogens is 5. The van der Waals surface area contributed by atoms with E-state index < -0.39 is 14.9 Å². The molecule has 0 aliphatic heterocycles. The van der Waals surface area contributed by atoms with Crippen molar-refractivity contribution in [2.75, 3.05) is 0 Å². The molecule has 0 saturated carbocycles. The number of hydrogen-bond donors (Lipinski definition) is 0. The van der Waals surface area contributed by atoms with Crippen molar-refractivity contribution >= 4 is 68.4 Å². The molecular weight excluding hydrogens is 995 g/mol. The van der Waals surface area contributed by atoms with Crippen LogP contribution in [0.15, 0.2) is 149 Å². The van der Waals surface area contributed by atoms with Crippen molar-refractivity contribution in [3.8, 4) is 39.6 Å². The number of aryl methyl sites for hydroxylation is 1. The van der Waals surface area contributed by atoms with Gasteiger partial charge in [0.25, 0.3) is 0 Å². The number of hydrogen-bond acceptors (Lipinski definition) is 6. The first kappa shape index (κ1) is 40.0. The Morgan fingerprint density at radius 3 is 2.08 bits per heavy atom. The van der Waals surface area contributed by atoms with Gasteiger partial charge in [0.15, 0.2) is 5.58 Å². The molecule has 325 valence electrons. The molecule has 0 atom stereocenters. The Kier molecular flexibility index (Phi) is 10.8. The second-order valence-corrected chi connectivity index (χ2v) is 23.0. The molecule has 5 aromatic heterocycles. The molecule has 9 heteroatoms. The quantitative estimate of drug-likeness (QED) is 0.117. The van der Waals surface area contributed by atoms with E-state index in [2.05, 4.69) is 110 Å². The van der Waals surface area contributed by atoms with E-state index in [1.54, 1.807) is 12.1 Å². The first-order valence-corrected chi connectivity index (χ1v) is 25.3. The van der Waals surface area contributed by atoms with Gasteiger partial charge in [-0.3, -0.25) is 15.0 Å². The molecule has 11 rings (SSSR count). The van der Waals surface area contributed by atoms with E-state index in [-0.39, 0.29) is 37.5 Å². The van der Waals surface area contributed by atoms with E-state index in [0.29, 0.717) is 39.3 Å². The van der Waals surface area contributed by atoms with E-state index in [9.17, 15) is 0 Å². The van der Waals surface area contributed by atoms with Gasteiger partial charge in [0, 0.05) is 53.1 Å². The number of benzene rings is 6. The summed E-state index contributed by atoms with van der Waals surface area (Å²) in [6, 6.07) is 48.2. The van der Waals surface area contributed by atoms with Gasteiger partial charge < -0.3 is 13.4 Å². The van der Waals surface area contributed by atoms with E-state index in [1.165, 1.54) is 5.19 Å². The molecule has 0 amide bonds. The van der Waals surface area contributed by atoms with Crippen LogP contribution in [0.1, 0.15) is 60.3 Å². The maximum Gasteiger partial charge on any atom is 0.216 e. The van der Waals surface area contributed by atoms with Crippen molar-refractivity contribution in [3.63, 3.8) is 0 Å². The number of imidazole rings is 1. The fraction of sp³-hybridized carbons (Fsp3) is 0.179. The summed E-state index contributed by atoms with van der Waals surface area (Å²) in [7, 11) is -1.29. The molecule has 1 radical (unpaired) electrons. The van der Waals surface area contributed by atoms with Crippen LogP contribution in [0.5, 0.6) is 0 Å². The van der Waals surface area contributed by atoms with Crippen LogP contribution >= 0.6 is 0 Å². The van der Waals surface area contributed by atoms with Crippen LogP contribution in [0.4, 0.5) is 0 Å². The number of furan rings is 2. The number of nitrogens with zero attached hydrogens (tertiary/aromatic N) is 5. The SMILES string of the molecule is C[Si](C)(C)c1cnc(-c2[c-]cccc2)nc1.[2H]C([2H])([2H])c1cccc2nc(-c3[c-]ccc4c3oc3nc5c(cc34)oc3ccccc35)n(-c3c(C(C)C)cc(-c4ccccc4)cc3C(C)C)c12.[Ir]. The standard InChI is InChI=1S/C43H34N3O2.C13H15N2Si.Ir/c1-24(2)32-21-28(27-14-7-6-8-15-27)22-33(25(3)4)40(32)46-39-26(5)13-11-19-35(39)44-42(46)31-18-12-17-29-34-23-37-38(45-43(34)48-41(29)31)30-16-9-10-20-36(30)47-37;1-16(2,3)12-9-14-13(15-10-12)11-7-5-4-6-8-11;/h6-17,19-25H,1-5H3;4-7,9-10H,1-3H3;/q2*-1;/i5D3;;. The van der Waals surface area contributed by atoms with Gasteiger partial charge in [-0.25, -0.2) is 4.98 Å². The Labute approximate surface area is 398 Å². The van der Waals surface area contributed by atoms with Crippen molar-refractivity contribution in [3.05, 3.63) is 169 Å². The molecule has 65 heavy (non-hydrogen) atoms. The Balaban J connectivity index is 0.000000289. The zero-order valence-electron chi connectivity index (χ0n) is 40.3. The molecule has 6 aromatic carbocycles. The minimum absolute atomic E-state index is 0. The average molecular weight is 1050 g/mol. The van der Waals surface area contributed by atoms with Crippen molar-refractivity contribution in [2.45, 2.75) is 66.0 Å². The molecule has 11 aromatic rings. The summed E-state index contributed by atoms with van der Waals surface area (Å²) in [5, 5.41) is 3.86. The van der Waals surface area contributed by atoms with Crippen LogP contribution in [0.2, 0.25) is 19.6 Å². The fourth-order valence-electron chi connectivity index (χ4n) is 8.47. The Morgan fingerprint density at radius 2 is 1.38 bits per heavy atom. The smallest absolute Gasteiger partial charge is 0.216 e. The number of pyridine rings is 1. The Morgan fingerprint density at radius 1 is 0.662 bits per heavy atom. The van der Waals surface area contributed by atoms with E-state index in [0.717, 1.165) is 66.6 Å². The first-order chi connectivity index (χ1) is 32.2. The molecule has 0 unspecified atom stereocenters. The van der Waals surface area contributed by atoms with Gasteiger partial charge in [0.05, 0.1) is 36.3 Å². The molecular formula is C56H49IrN5O2Si-2. The monoisotopic (exact) mass is 1050 g/mol. The van der Waals surface area contributed by atoms with Gasteiger partial charge in [-0.05, 0) is 88.1 Å². The van der Waals surface area contributed by atoms with Crippen LogP contribution in [-0.2, 0) is 20.1 Å². The summed E-state index contributed by atoms with van der Waals surface area (Å²) in [6.45, 7) is 13.2. The van der Waals surface area contributed by atoms with Crippen LogP contribution < -0.4 is 5.19 Å². The second-order valence-electron chi connectivity index (χ2n) is 17.9. The number of rotatable bonds is 7. The number of para-hydroxylation sites is 2. The molecule has 0 spiro atoms. The zero-order chi connectivity index (χ0) is 46.8. The summed E-state index contributed by atoms with van der Waals surface area (Å²) in [4.78, 5) is 19.0. The van der Waals surface area contributed by atoms with Crippen molar-refractivity contribution < 1.29 is 33.1 Å². The third-order valence-electron chi connectivity index (χ3n) is 11.9. The summed E-state index contributed by atoms with van der Waals surface area (Å²) in [5.41, 5.74) is 11.5. The molecule has 0 N–H and O–H groups in total. The molecule has 0 fully saturated rings. The van der Waals surface area contributed by atoms with Gasteiger partial charge in [0.2, 0.25) is 5.71 Å². The third-order valence-corrected chi connectivity index (χ3v) is 13.9. The third kappa shape index (κ3) is 8.03. The Bertz CT molecular complexity index is 3590. The van der Waals surface area contributed by atoms with Crippen LogP contribution in [0, 0.1) is 19.0 Å². The Hall–Kier alpha value is -6.51. The number of fused-ring (bicyclic) bond motifs is 7. The maximum atomic E-state index is 8.62. The van der Waals surface area contributed by atoms with E-state index in [4.69, 9.17) is 22.9 Å². The molecule has 0 aliphatic carbocycles. The normalized spacial score (nSPS) is 12.7.